The third-order valence-electron chi connectivity index (χ3n) is 3.51. The summed E-state index contributed by atoms with van der Waals surface area (Å²) >= 11 is 0. The second-order valence-corrected chi connectivity index (χ2v) is 5.55. The lowest BCUT2D eigenvalue weighted by atomic mass is 10.2. The Labute approximate surface area is 124 Å². The largest absolute Gasteiger partial charge is 0.494 e. The van der Waals surface area contributed by atoms with E-state index in [4.69, 9.17) is 4.74 Å². The monoisotopic (exact) mass is 278 g/mol. The molecule has 1 rings (SSSR count). The number of nitrogens with one attached hydrogen (secondary N) is 1. The van der Waals surface area contributed by atoms with Crippen LogP contribution in [0.15, 0.2) is 30.3 Å². The summed E-state index contributed by atoms with van der Waals surface area (Å²) in [7, 11) is 2.19. The van der Waals surface area contributed by atoms with Gasteiger partial charge in [-0.25, -0.2) is 0 Å². The van der Waals surface area contributed by atoms with E-state index in [0.717, 1.165) is 31.9 Å². The highest BCUT2D eigenvalue weighted by Crippen LogP contribution is 2.08. The van der Waals surface area contributed by atoms with Crippen LogP contribution >= 0.6 is 0 Å². The number of ether oxygens (including phenoxy) is 1. The molecule has 114 valence electrons. The van der Waals surface area contributed by atoms with E-state index >= 15 is 0 Å². The van der Waals surface area contributed by atoms with Gasteiger partial charge in [-0.05, 0) is 71.9 Å². The Morgan fingerprint density at radius 2 is 1.75 bits per heavy atom. The lowest BCUT2D eigenvalue weighted by molar-refractivity contribution is 0.267. The van der Waals surface area contributed by atoms with E-state index in [1.54, 1.807) is 0 Å². The first-order chi connectivity index (χ1) is 9.70. The summed E-state index contributed by atoms with van der Waals surface area (Å²) in [6.07, 6.45) is 3.57. The maximum absolute atomic E-state index is 5.64. The van der Waals surface area contributed by atoms with Gasteiger partial charge in [0.1, 0.15) is 5.75 Å². The van der Waals surface area contributed by atoms with E-state index in [-0.39, 0.29) is 0 Å². The van der Waals surface area contributed by atoms with E-state index in [1.165, 1.54) is 19.4 Å². The Hall–Kier alpha value is -1.06. The molecule has 0 unspecified atom stereocenters. The summed E-state index contributed by atoms with van der Waals surface area (Å²) in [5.74, 6) is 0.962. The van der Waals surface area contributed by atoms with E-state index in [2.05, 4.69) is 31.1 Å². The molecule has 0 spiro atoms. The summed E-state index contributed by atoms with van der Waals surface area (Å²) in [6, 6.07) is 10.7. The molecule has 1 aromatic carbocycles. The number of unbranched alkanes of at least 4 members (excludes halogenated alkanes) is 1. The van der Waals surface area contributed by atoms with Crippen molar-refractivity contribution in [3.63, 3.8) is 0 Å². The molecule has 3 nitrogen and oxygen atoms in total. The van der Waals surface area contributed by atoms with Crippen molar-refractivity contribution in [2.75, 3.05) is 33.3 Å². The van der Waals surface area contributed by atoms with Gasteiger partial charge in [0.15, 0.2) is 0 Å². The van der Waals surface area contributed by atoms with Gasteiger partial charge in [-0.2, -0.15) is 0 Å². The molecule has 0 aliphatic heterocycles. The first-order valence-electron chi connectivity index (χ1n) is 7.79. The fourth-order valence-corrected chi connectivity index (χ4v) is 1.90. The van der Waals surface area contributed by atoms with E-state index < -0.39 is 0 Å². The van der Waals surface area contributed by atoms with E-state index in [0.29, 0.717) is 6.04 Å². The molecule has 0 fully saturated rings. The van der Waals surface area contributed by atoms with Gasteiger partial charge in [-0.15, -0.1) is 0 Å². The molecule has 0 saturated carbocycles. The zero-order chi connectivity index (χ0) is 14.6. The lowest BCUT2D eigenvalue weighted by Gasteiger charge is -2.20. The molecule has 0 aliphatic carbocycles. The Kier molecular flexibility index (Phi) is 9.09. The van der Waals surface area contributed by atoms with Crippen LogP contribution in [0, 0.1) is 0 Å². The molecule has 0 saturated heterocycles. The summed E-state index contributed by atoms with van der Waals surface area (Å²) in [6.45, 7) is 8.60. The van der Waals surface area contributed by atoms with Crippen LogP contribution in [0.25, 0.3) is 0 Å². The Morgan fingerprint density at radius 1 is 1.05 bits per heavy atom. The van der Waals surface area contributed by atoms with Gasteiger partial charge in [0, 0.05) is 6.04 Å². The minimum Gasteiger partial charge on any atom is -0.494 e. The van der Waals surface area contributed by atoms with Gasteiger partial charge >= 0.3 is 0 Å². The third kappa shape index (κ3) is 8.18. The SMILES string of the molecule is CC(C)N(C)CCCCNCCCOc1ccccc1. The highest BCUT2D eigenvalue weighted by molar-refractivity contribution is 5.20. The van der Waals surface area contributed by atoms with Crippen LogP contribution < -0.4 is 10.1 Å². The number of hydrogen-bond donors (Lipinski definition) is 1. The van der Waals surface area contributed by atoms with Crippen LogP contribution in [-0.4, -0.2) is 44.2 Å². The van der Waals surface area contributed by atoms with Crippen LogP contribution in [0.2, 0.25) is 0 Å². The van der Waals surface area contributed by atoms with Crippen molar-refractivity contribution in [3.8, 4) is 5.75 Å². The number of hydrogen-bond acceptors (Lipinski definition) is 3. The minimum atomic E-state index is 0.651. The zero-order valence-corrected chi connectivity index (χ0v) is 13.3. The summed E-state index contributed by atoms with van der Waals surface area (Å²) in [4.78, 5) is 2.40. The third-order valence-corrected chi connectivity index (χ3v) is 3.51. The van der Waals surface area contributed by atoms with Gasteiger partial charge in [0.05, 0.1) is 6.61 Å². The van der Waals surface area contributed by atoms with Crippen LogP contribution in [0.4, 0.5) is 0 Å². The highest BCUT2D eigenvalue weighted by atomic mass is 16.5. The predicted molar refractivity (Wildman–Crippen MR) is 86.4 cm³/mol. The number of rotatable bonds is 11. The Morgan fingerprint density at radius 3 is 2.45 bits per heavy atom. The molecular weight excluding hydrogens is 248 g/mol. The fourth-order valence-electron chi connectivity index (χ4n) is 1.90. The zero-order valence-electron chi connectivity index (χ0n) is 13.3. The first kappa shape index (κ1) is 17.0. The maximum Gasteiger partial charge on any atom is 0.119 e. The number of benzene rings is 1. The average molecular weight is 278 g/mol. The van der Waals surface area contributed by atoms with Crippen LogP contribution in [-0.2, 0) is 0 Å². The first-order valence-corrected chi connectivity index (χ1v) is 7.79. The van der Waals surface area contributed by atoms with Crippen molar-refractivity contribution >= 4 is 0 Å². The second kappa shape index (κ2) is 10.7. The molecule has 3 heteroatoms. The van der Waals surface area contributed by atoms with Crippen molar-refractivity contribution < 1.29 is 4.74 Å². The second-order valence-electron chi connectivity index (χ2n) is 5.55. The minimum absolute atomic E-state index is 0.651. The quantitative estimate of drug-likeness (QED) is 0.629. The molecule has 20 heavy (non-hydrogen) atoms. The highest BCUT2D eigenvalue weighted by Gasteiger charge is 2.01. The molecule has 1 N–H and O–H groups in total. The standard InChI is InChI=1S/C17H30N2O/c1-16(2)19(3)14-8-7-12-18-13-9-15-20-17-10-5-4-6-11-17/h4-6,10-11,16,18H,7-9,12-15H2,1-3H3. The van der Waals surface area contributed by atoms with Crippen molar-refractivity contribution in [3.05, 3.63) is 30.3 Å². The molecule has 0 heterocycles. The average Bonchev–Trinajstić information content (AvgIpc) is 2.46. The van der Waals surface area contributed by atoms with Gasteiger partial charge in [0.2, 0.25) is 0 Å². The maximum atomic E-state index is 5.64. The van der Waals surface area contributed by atoms with Crippen LogP contribution in [0.3, 0.4) is 0 Å². The smallest absolute Gasteiger partial charge is 0.119 e. The predicted octanol–water partition coefficient (Wildman–Crippen LogP) is 3.17. The van der Waals surface area contributed by atoms with Gasteiger partial charge in [-0.3, -0.25) is 0 Å². The van der Waals surface area contributed by atoms with E-state index in [9.17, 15) is 0 Å². The lowest BCUT2D eigenvalue weighted by Crippen LogP contribution is -2.28. The fraction of sp³-hybridized carbons (Fsp3) is 0.647. The molecule has 0 aromatic heterocycles. The van der Waals surface area contributed by atoms with Gasteiger partial charge < -0.3 is 15.0 Å². The van der Waals surface area contributed by atoms with Crippen molar-refractivity contribution in [2.45, 2.75) is 39.2 Å². The summed E-state index contributed by atoms with van der Waals surface area (Å²) in [5.41, 5.74) is 0. The van der Waals surface area contributed by atoms with Crippen molar-refractivity contribution in [2.24, 2.45) is 0 Å². The molecule has 0 aliphatic rings. The molecule has 0 atom stereocenters. The van der Waals surface area contributed by atoms with Crippen molar-refractivity contribution in [1.82, 2.24) is 10.2 Å². The molecule has 0 bridgehead atoms. The van der Waals surface area contributed by atoms with E-state index in [1.807, 2.05) is 30.3 Å². The summed E-state index contributed by atoms with van der Waals surface area (Å²) in [5, 5.41) is 3.48. The molecule has 0 radical (unpaired) electrons. The number of para-hydroxylation sites is 1. The van der Waals surface area contributed by atoms with Gasteiger partial charge in [-0.1, -0.05) is 18.2 Å². The normalized spacial score (nSPS) is 11.2. The molecule has 0 amide bonds. The Bertz CT molecular complexity index is 327. The van der Waals surface area contributed by atoms with Gasteiger partial charge in [0.25, 0.3) is 0 Å². The Balaban J connectivity index is 1.86. The summed E-state index contributed by atoms with van der Waals surface area (Å²) < 4.78 is 5.64. The van der Waals surface area contributed by atoms with Crippen LogP contribution in [0.5, 0.6) is 5.75 Å². The van der Waals surface area contributed by atoms with Crippen molar-refractivity contribution in [1.29, 1.82) is 0 Å². The molecule has 1 aromatic rings. The van der Waals surface area contributed by atoms with Crippen LogP contribution in [0.1, 0.15) is 33.1 Å². The topological polar surface area (TPSA) is 24.5 Å². The number of nitrogens with zero attached hydrogens (tertiary/aromatic N) is 1. The molecular formula is C17H30N2O.